The van der Waals surface area contributed by atoms with Gasteiger partial charge in [-0.15, -0.1) is 23.1 Å². The molecule has 0 amide bonds. The molecule has 0 spiro atoms. The number of hydrogen-bond acceptors (Lipinski definition) is 3. The van der Waals surface area contributed by atoms with Gasteiger partial charge >= 0.3 is 0 Å². The van der Waals surface area contributed by atoms with Crippen LogP contribution in [0.5, 0.6) is 0 Å². The zero-order valence-electron chi connectivity index (χ0n) is 10.9. The Balaban J connectivity index is 1.69. The smallest absolute Gasteiger partial charge is 0.124 e. The van der Waals surface area contributed by atoms with Gasteiger partial charge in [0.2, 0.25) is 0 Å². The summed E-state index contributed by atoms with van der Waals surface area (Å²) in [6.07, 6.45) is 0. The van der Waals surface area contributed by atoms with Crippen LogP contribution in [0.2, 0.25) is 0 Å². The van der Waals surface area contributed by atoms with Gasteiger partial charge in [0.1, 0.15) is 10.8 Å². The minimum Gasteiger partial charge on any atom is -0.240 e. The Labute approximate surface area is 139 Å². The van der Waals surface area contributed by atoms with E-state index in [1.807, 2.05) is 30.3 Å². The van der Waals surface area contributed by atoms with Crippen LogP contribution >= 0.6 is 39.0 Å². The number of nitrogens with zero attached hydrogens (tertiary/aromatic N) is 1. The van der Waals surface area contributed by atoms with Gasteiger partial charge in [0, 0.05) is 20.3 Å². The zero-order chi connectivity index (χ0) is 14.7. The molecule has 0 N–H and O–H groups in total. The van der Waals surface area contributed by atoms with E-state index in [9.17, 15) is 4.39 Å². The van der Waals surface area contributed by atoms with Gasteiger partial charge < -0.3 is 0 Å². The molecule has 0 saturated heterocycles. The largest absolute Gasteiger partial charge is 0.240 e. The molecule has 0 unspecified atom stereocenters. The van der Waals surface area contributed by atoms with Crippen LogP contribution in [0, 0.1) is 5.82 Å². The fourth-order valence-corrected chi connectivity index (χ4v) is 3.86. The normalized spacial score (nSPS) is 10.8. The molecule has 1 nitrogen and oxygen atoms in total. The maximum Gasteiger partial charge on any atom is 0.124 e. The molecule has 0 fully saturated rings. The minimum atomic E-state index is -0.199. The predicted molar refractivity (Wildman–Crippen MR) is 91.2 cm³/mol. The van der Waals surface area contributed by atoms with Crippen molar-refractivity contribution < 1.29 is 4.39 Å². The lowest BCUT2D eigenvalue weighted by atomic mass is 10.2. The first kappa shape index (κ1) is 14.8. The summed E-state index contributed by atoms with van der Waals surface area (Å²) in [6, 6.07) is 14.8. The van der Waals surface area contributed by atoms with Crippen molar-refractivity contribution in [2.45, 2.75) is 10.6 Å². The van der Waals surface area contributed by atoms with Crippen molar-refractivity contribution in [3.8, 4) is 11.3 Å². The predicted octanol–water partition coefficient (Wildman–Crippen LogP) is 6.00. The number of aromatic nitrogens is 1. The molecule has 0 aliphatic carbocycles. The molecule has 1 heterocycles. The van der Waals surface area contributed by atoms with Gasteiger partial charge in [-0.3, -0.25) is 0 Å². The molecule has 3 aromatic rings. The van der Waals surface area contributed by atoms with E-state index in [1.165, 1.54) is 6.07 Å². The number of benzene rings is 2. The standard InChI is InChI=1S/C16H11BrFNS2/c17-12-6-4-11(5-7-12)15-9-21-16(19-15)10-20-14-3-1-2-13(18)8-14/h1-9H,10H2. The minimum absolute atomic E-state index is 0.199. The van der Waals surface area contributed by atoms with Crippen molar-refractivity contribution >= 4 is 39.0 Å². The highest BCUT2D eigenvalue weighted by atomic mass is 79.9. The molecule has 5 heteroatoms. The zero-order valence-corrected chi connectivity index (χ0v) is 14.1. The van der Waals surface area contributed by atoms with Crippen LogP contribution in [-0.2, 0) is 5.75 Å². The number of rotatable bonds is 4. The van der Waals surface area contributed by atoms with Crippen molar-refractivity contribution in [1.82, 2.24) is 4.98 Å². The highest BCUT2D eigenvalue weighted by molar-refractivity contribution is 9.10. The molecule has 2 aromatic carbocycles. The topological polar surface area (TPSA) is 12.9 Å². The van der Waals surface area contributed by atoms with Crippen LogP contribution < -0.4 is 0 Å². The molecular formula is C16H11BrFNS2. The average Bonchev–Trinajstić information content (AvgIpc) is 2.95. The summed E-state index contributed by atoms with van der Waals surface area (Å²) >= 11 is 6.66. The Morgan fingerprint density at radius 2 is 1.95 bits per heavy atom. The van der Waals surface area contributed by atoms with Gasteiger partial charge in [-0.25, -0.2) is 9.37 Å². The molecule has 21 heavy (non-hydrogen) atoms. The number of hydrogen-bond donors (Lipinski definition) is 0. The van der Waals surface area contributed by atoms with Crippen LogP contribution in [0.25, 0.3) is 11.3 Å². The summed E-state index contributed by atoms with van der Waals surface area (Å²) in [6.45, 7) is 0. The van der Waals surface area contributed by atoms with Crippen LogP contribution in [0.15, 0.2) is 63.3 Å². The Hall–Kier alpha value is -1.17. The fraction of sp³-hybridized carbons (Fsp3) is 0.0625. The lowest BCUT2D eigenvalue weighted by Crippen LogP contribution is -1.82. The van der Waals surface area contributed by atoms with Crippen LogP contribution in [-0.4, -0.2) is 4.98 Å². The van der Waals surface area contributed by atoms with Gasteiger partial charge in [0.05, 0.1) is 11.4 Å². The van der Waals surface area contributed by atoms with Crippen molar-refractivity contribution in [1.29, 1.82) is 0 Å². The molecule has 0 saturated carbocycles. The van der Waals surface area contributed by atoms with Gasteiger partial charge in [-0.2, -0.15) is 0 Å². The first-order valence-electron chi connectivity index (χ1n) is 6.29. The fourth-order valence-electron chi connectivity index (χ4n) is 1.83. The maximum absolute atomic E-state index is 13.1. The van der Waals surface area contributed by atoms with E-state index < -0.39 is 0 Å². The van der Waals surface area contributed by atoms with Crippen LogP contribution in [0.1, 0.15) is 5.01 Å². The number of halogens is 2. The maximum atomic E-state index is 13.1. The van der Waals surface area contributed by atoms with Crippen LogP contribution in [0.3, 0.4) is 0 Å². The Kier molecular flexibility index (Phi) is 4.73. The Morgan fingerprint density at radius 1 is 1.14 bits per heavy atom. The lowest BCUT2D eigenvalue weighted by Gasteiger charge is -1.99. The summed E-state index contributed by atoms with van der Waals surface area (Å²) < 4.78 is 14.2. The third kappa shape index (κ3) is 3.93. The summed E-state index contributed by atoms with van der Waals surface area (Å²) in [5, 5.41) is 3.10. The quantitative estimate of drug-likeness (QED) is 0.515. The molecule has 0 aliphatic rings. The Bertz CT molecular complexity index is 740. The van der Waals surface area contributed by atoms with Gasteiger partial charge in [-0.1, -0.05) is 34.1 Å². The van der Waals surface area contributed by atoms with E-state index in [0.29, 0.717) is 0 Å². The molecular weight excluding hydrogens is 369 g/mol. The second-order valence-corrected chi connectivity index (χ2v) is 7.29. The second kappa shape index (κ2) is 6.73. The molecule has 0 bridgehead atoms. The summed E-state index contributed by atoms with van der Waals surface area (Å²) in [4.78, 5) is 5.56. The van der Waals surface area contributed by atoms with Crippen molar-refractivity contribution in [3.05, 3.63) is 69.2 Å². The number of thiazole rings is 1. The molecule has 0 radical (unpaired) electrons. The van der Waals surface area contributed by atoms with Gasteiger partial charge in [-0.05, 0) is 30.3 Å². The molecule has 106 valence electrons. The van der Waals surface area contributed by atoms with Crippen molar-refractivity contribution in [2.75, 3.05) is 0 Å². The van der Waals surface area contributed by atoms with Crippen molar-refractivity contribution in [3.63, 3.8) is 0 Å². The highest BCUT2D eigenvalue weighted by Gasteiger charge is 2.05. The van der Waals surface area contributed by atoms with E-state index in [2.05, 4.69) is 26.3 Å². The average molecular weight is 380 g/mol. The first-order valence-corrected chi connectivity index (χ1v) is 8.95. The van der Waals surface area contributed by atoms with E-state index >= 15 is 0 Å². The highest BCUT2D eigenvalue weighted by Crippen LogP contribution is 2.28. The molecule has 3 rings (SSSR count). The summed E-state index contributed by atoms with van der Waals surface area (Å²) in [7, 11) is 0. The molecule has 0 atom stereocenters. The van der Waals surface area contributed by atoms with E-state index in [-0.39, 0.29) is 5.82 Å². The van der Waals surface area contributed by atoms with Gasteiger partial charge in [0.25, 0.3) is 0 Å². The third-order valence-electron chi connectivity index (χ3n) is 2.85. The van der Waals surface area contributed by atoms with Crippen LogP contribution in [0.4, 0.5) is 4.39 Å². The second-order valence-electron chi connectivity index (χ2n) is 4.38. The molecule has 1 aromatic heterocycles. The first-order chi connectivity index (χ1) is 10.2. The SMILES string of the molecule is Fc1cccc(SCc2nc(-c3ccc(Br)cc3)cs2)c1. The Morgan fingerprint density at radius 3 is 2.71 bits per heavy atom. The van der Waals surface area contributed by atoms with E-state index in [1.54, 1.807) is 35.2 Å². The third-order valence-corrected chi connectivity index (χ3v) is 5.42. The lowest BCUT2D eigenvalue weighted by molar-refractivity contribution is 0.624. The van der Waals surface area contributed by atoms with E-state index in [4.69, 9.17) is 0 Å². The number of thioether (sulfide) groups is 1. The monoisotopic (exact) mass is 379 g/mol. The molecule has 0 aliphatic heterocycles. The van der Waals surface area contributed by atoms with E-state index in [0.717, 1.165) is 31.4 Å². The summed E-state index contributed by atoms with van der Waals surface area (Å²) in [5.74, 6) is 0.555. The summed E-state index contributed by atoms with van der Waals surface area (Å²) in [5.41, 5.74) is 2.10. The van der Waals surface area contributed by atoms with Gasteiger partial charge in [0.15, 0.2) is 0 Å². The van der Waals surface area contributed by atoms with Crippen molar-refractivity contribution in [2.24, 2.45) is 0 Å².